The molecule has 1 heterocycles. The van der Waals surface area contributed by atoms with Gasteiger partial charge in [-0.05, 0) is 37.1 Å². The van der Waals surface area contributed by atoms with Crippen LogP contribution in [0.4, 0.5) is 0 Å². The van der Waals surface area contributed by atoms with Crippen molar-refractivity contribution in [3.8, 4) is 5.75 Å². The molecule has 0 spiro atoms. The Labute approximate surface area is 214 Å². The molecule has 2 rings (SSSR count). The van der Waals surface area contributed by atoms with Gasteiger partial charge in [0.15, 0.2) is 0 Å². The molecular formula is C26H41N5O5. The fourth-order valence-corrected chi connectivity index (χ4v) is 2.30. The lowest BCUT2D eigenvalue weighted by molar-refractivity contribution is -0.128. The Bertz CT molecular complexity index is 922. The molecule has 0 bridgehead atoms. The van der Waals surface area contributed by atoms with Gasteiger partial charge in [0.1, 0.15) is 30.5 Å². The molecule has 3 N–H and O–H groups in total. The predicted octanol–water partition coefficient (Wildman–Crippen LogP) is 2.63. The number of aromatic nitrogens is 2. The average molecular weight is 504 g/mol. The number of benzene rings is 1. The number of hydrogen-bond donors (Lipinski definition) is 3. The summed E-state index contributed by atoms with van der Waals surface area (Å²) in [5.41, 5.74) is 0.360. The number of aryl methyl sites for hydroxylation is 1. The van der Waals surface area contributed by atoms with Crippen LogP contribution in [0.3, 0.4) is 0 Å². The lowest BCUT2D eigenvalue weighted by atomic mass is 10.2. The van der Waals surface area contributed by atoms with E-state index in [2.05, 4.69) is 55.6 Å². The summed E-state index contributed by atoms with van der Waals surface area (Å²) in [5, 5.41) is 7.23. The normalized spacial score (nSPS) is 10.6. The molecule has 10 nitrogen and oxygen atoms in total. The fraction of sp³-hybridized carbons (Fsp3) is 0.500. The zero-order chi connectivity index (χ0) is 27.5. The molecule has 200 valence electrons. The Morgan fingerprint density at radius 3 is 2.14 bits per heavy atom. The van der Waals surface area contributed by atoms with Gasteiger partial charge in [0, 0.05) is 25.0 Å². The number of hydrogen-bond acceptors (Lipinski definition) is 6. The van der Waals surface area contributed by atoms with E-state index in [9.17, 15) is 19.2 Å². The van der Waals surface area contributed by atoms with E-state index in [1.807, 2.05) is 17.8 Å². The molecule has 0 saturated heterocycles. The van der Waals surface area contributed by atoms with Crippen LogP contribution in [0.2, 0.25) is 0 Å². The van der Waals surface area contributed by atoms with Crippen LogP contribution in [-0.2, 0) is 28.0 Å². The van der Waals surface area contributed by atoms with E-state index >= 15 is 0 Å². The largest absolute Gasteiger partial charge is 0.486 e. The molecule has 2 aromatic rings. The molecule has 3 amide bonds. The van der Waals surface area contributed by atoms with Gasteiger partial charge in [0.25, 0.3) is 5.91 Å². The zero-order valence-electron chi connectivity index (χ0n) is 22.5. The van der Waals surface area contributed by atoms with Crippen molar-refractivity contribution >= 4 is 24.0 Å². The Kier molecular flexibility index (Phi) is 16.7. The first-order valence-corrected chi connectivity index (χ1v) is 12.0. The molecule has 1 aromatic carbocycles. The van der Waals surface area contributed by atoms with Crippen LogP contribution in [0, 0.1) is 5.92 Å². The third-order valence-corrected chi connectivity index (χ3v) is 3.95. The highest BCUT2D eigenvalue weighted by Crippen LogP contribution is 2.13. The summed E-state index contributed by atoms with van der Waals surface area (Å²) in [4.78, 5) is 50.0. The lowest BCUT2D eigenvalue weighted by Crippen LogP contribution is -2.48. The second-order valence-electron chi connectivity index (χ2n) is 8.59. The maximum atomic E-state index is 12.1. The number of nitrogens with one attached hydrogen (secondary N) is 3. The number of ether oxygens (including phenoxy) is 1. The minimum atomic E-state index is -0.825. The number of aldehydes is 1. The molecule has 0 aliphatic heterocycles. The maximum Gasteiger partial charge on any atom is 0.251 e. The van der Waals surface area contributed by atoms with Gasteiger partial charge in [-0.25, -0.2) is 4.98 Å². The van der Waals surface area contributed by atoms with Crippen LogP contribution in [0.15, 0.2) is 36.7 Å². The third-order valence-electron chi connectivity index (χ3n) is 3.95. The van der Waals surface area contributed by atoms with Gasteiger partial charge in [-0.1, -0.05) is 41.0 Å². The quantitative estimate of drug-likeness (QED) is 0.427. The Balaban J connectivity index is 0.00000155. The minimum absolute atomic E-state index is 0.128. The molecule has 0 aliphatic carbocycles. The van der Waals surface area contributed by atoms with Crippen LogP contribution < -0.4 is 20.7 Å². The first-order chi connectivity index (χ1) is 17.0. The van der Waals surface area contributed by atoms with Crippen molar-refractivity contribution < 1.29 is 23.9 Å². The number of imidazole rings is 1. The molecule has 1 unspecified atom stereocenters. The SMILES string of the molecule is CC(C)C.CC(NC(=O)CNC(=O)c1ccc(OCc2nccn2C)cc1)C(=O)NCC=O.CCC. The molecule has 1 atom stereocenters. The second kappa shape index (κ2) is 18.6. The average Bonchev–Trinajstić information content (AvgIpc) is 3.24. The van der Waals surface area contributed by atoms with Crippen LogP contribution >= 0.6 is 0 Å². The molecular weight excluding hydrogens is 462 g/mol. The van der Waals surface area contributed by atoms with E-state index in [1.165, 1.54) is 13.3 Å². The highest BCUT2D eigenvalue weighted by Gasteiger charge is 2.15. The number of amides is 3. The van der Waals surface area contributed by atoms with Crippen molar-refractivity contribution in [3.63, 3.8) is 0 Å². The summed E-state index contributed by atoms with van der Waals surface area (Å²) < 4.78 is 7.47. The minimum Gasteiger partial charge on any atom is -0.486 e. The molecule has 0 saturated carbocycles. The first-order valence-electron chi connectivity index (χ1n) is 12.0. The van der Waals surface area contributed by atoms with Gasteiger partial charge < -0.3 is 30.0 Å². The van der Waals surface area contributed by atoms with Gasteiger partial charge >= 0.3 is 0 Å². The maximum absolute atomic E-state index is 12.1. The number of rotatable bonds is 10. The van der Waals surface area contributed by atoms with Crippen LogP contribution in [0.5, 0.6) is 5.75 Å². The van der Waals surface area contributed by atoms with Crippen LogP contribution in [-0.4, -0.2) is 52.7 Å². The molecule has 0 fully saturated rings. The van der Waals surface area contributed by atoms with Gasteiger partial charge in [0.05, 0.1) is 13.1 Å². The van der Waals surface area contributed by atoms with Gasteiger partial charge in [-0.15, -0.1) is 0 Å². The summed E-state index contributed by atoms with van der Waals surface area (Å²) in [6.07, 6.45) is 5.29. The standard InChI is InChI=1S/C19H23N5O5.C4H10.C3H8/c1-13(18(27)21-8-10-25)23-17(26)11-22-19(28)14-3-5-15(6-4-14)29-12-16-20-7-9-24(16)2;1-4(2)3;1-3-2/h3-7,9-10,13H,8,11-12H2,1-2H3,(H,21,27)(H,22,28)(H,23,26);4H,1-3H3;3H2,1-2H3. The van der Waals surface area contributed by atoms with Crippen molar-refractivity contribution in [2.45, 2.75) is 60.6 Å². The smallest absolute Gasteiger partial charge is 0.251 e. The number of carbonyl (C=O) groups excluding carboxylic acids is 4. The summed E-state index contributed by atoms with van der Waals surface area (Å²) in [5.74, 6) is 0.734. The highest BCUT2D eigenvalue weighted by atomic mass is 16.5. The fourth-order valence-electron chi connectivity index (χ4n) is 2.30. The lowest BCUT2D eigenvalue weighted by Gasteiger charge is -2.13. The second-order valence-corrected chi connectivity index (χ2v) is 8.59. The van der Waals surface area contributed by atoms with Crippen LogP contribution in [0.1, 0.15) is 64.1 Å². The van der Waals surface area contributed by atoms with Crippen molar-refractivity contribution in [1.82, 2.24) is 25.5 Å². The molecule has 10 heteroatoms. The zero-order valence-corrected chi connectivity index (χ0v) is 22.5. The van der Waals surface area contributed by atoms with Crippen molar-refractivity contribution in [3.05, 3.63) is 48.0 Å². The molecule has 1 aromatic heterocycles. The van der Waals surface area contributed by atoms with Gasteiger partial charge in [-0.3, -0.25) is 14.4 Å². The molecule has 0 aliphatic rings. The summed E-state index contributed by atoms with van der Waals surface area (Å²) in [7, 11) is 1.87. The van der Waals surface area contributed by atoms with E-state index in [4.69, 9.17) is 4.74 Å². The number of carbonyl (C=O) groups is 4. The van der Waals surface area contributed by atoms with Gasteiger partial charge in [-0.2, -0.15) is 0 Å². The summed E-state index contributed by atoms with van der Waals surface area (Å²) in [6.45, 7) is 12.1. The number of nitrogens with zero attached hydrogens (tertiary/aromatic N) is 2. The third kappa shape index (κ3) is 14.5. The van der Waals surface area contributed by atoms with Crippen molar-refractivity contribution in [1.29, 1.82) is 0 Å². The first kappa shape index (κ1) is 32.3. The molecule has 36 heavy (non-hydrogen) atoms. The highest BCUT2D eigenvalue weighted by molar-refractivity contribution is 5.97. The molecule has 0 radical (unpaired) electrons. The Morgan fingerprint density at radius 2 is 1.64 bits per heavy atom. The van der Waals surface area contributed by atoms with E-state index < -0.39 is 23.8 Å². The van der Waals surface area contributed by atoms with E-state index in [1.54, 1.807) is 30.5 Å². The Hall–Kier alpha value is -3.69. The van der Waals surface area contributed by atoms with Crippen molar-refractivity contribution in [2.75, 3.05) is 13.1 Å². The van der Waals surface area contributed by atoms with E-state index in [0.29, 0.717) is 24.2 Å². The van der Waals surface area contributed by atoms with Gasteiger partial charge in [0.2, 0.25) is 11.8 Å². The topological polar surface area (TPSA) is 131 Å². The van der Waals surface area contributed by atoms with E-state index in [0.717, 1.165) is 11.7 Å². The predicted molar refractivity (Wildman–Crippen MR) is 139 cm³/mol. The monoisotopic (exact) mass is 503 g/mol. The van der Waals surface area contributed by atoms with Crippen LogP contribution in [0.25, 0.3) is 0 Å². The Morgan fingerprint density at radius 1 is 1.06 bits per heavy atom. The summed E-state index contributed by atoms with van der Waals surface area (Å²) >= 11 is 0. The van der Waals surface area contributed by atoms with E-state index in [-0.39, 0.29) is 13.1 Å². The summed E-state index contributed by atoms with van der Waals surface area (Å²) in [6, 6.07) is 5.64. The van der Waals surface area contributed by atoms with Crippen molar-refractivity contribution in [2.24, 2.45) is 13.0 Å².